The minimum atomic E-state index is -0.857. The number of carbonyl (C=O) groups excluding carboxylic acids is 2. The first-order chi connectivity index (χ1) is 17.3. The number of ether oxygens (including phenoxy) is 2. The maximum Gasteiger partial charge on any atom is 0.255 e. The summed E-state index contributed by atoms with van der Waals surface area (Å²) in [4.78, 5) is 34.2. The number of H-pyrrole nitrogens is 1. The second-order valence-corrected chi connectivity index (χ2v) is 9.52. The number of pyridine rings is 1. The van der Waals surface area contributed by atoms with Crippen molar-refractivity contribution in [2.24, 2.45) is 5.92 Å². The van der Waals surface area contributed by atoms with E-state index in [2.05, 4.69) is 15.3 Å². The number of aliphatic hydroxyl groups excluding tert-OH is 1. The molecular formula is C26H29FN4O5. The van der Waals surface area contributed by atoms with E-state index in [4.69, 9.17) is 9.47 Å². The Morgan fingerprint density at radius 3 is 2.69 bits per heavy atom. The van der Waals surface area contributed by atoms with Gasteiger partial charge in [0.05, 0.1) is 36.9 Å². The summed E-state index contributed by atoms with van der Waals surface area (Å²) in [7, 11) is 1.40. The molecule has 2 atom stereocenters. The molecular weight excluding hydrogens is 467 g/mol. The zero-order valence-corrected chi connectivity index (χ0v) is 20.4. The topological polar surface area (TPSA) is 117 Å². The van der Waals surface area contributed by atoms with Crippen LogP contribution in [0.1, 0.15) is 35.8 Å². The molecule has 2 aromatic heterocycles. The van der Waals surface area contributed by atoms with E-state index < -0.39 is 23.9 Å². The number of hydrogen-bond acceptors (Lipinski definition) is 6. The van der Waals surface area contributed by atoms with Crippen LogP contribution in [-0.2, 0) is 4.79 Å². The first kappa shape index (κ1) is 24.1. The highest BCUT2D eigenvalue weighted by Crippen LogP contribution is 2.40. The van der Waals surface area contributed by atoms with Crippen LogP contribution < -0.4 is 14.8 Å². The summed E-state index contributed by atoms with van der Waals surface area (Å²) in [6.07, 6.45) is 2.93. The van der Waals surface area contributed by atoms with Crippen molar-refractivity contribution >= 4 is 22.8 Å². The highest BCUT2D eigenvalue weighted by molar-refractivity contribution is 6.10. The van der Waals surface area contributed by atoms with E-state index in [-0.39, 0.29) is 24.7 Å². The highest BCUT2D eigenvalue weighted by Gasteiger charge is 2.35. The van der Waals surface area contributed by atoms with Crippen molar-refractivity contribution in [2.45, 2.75) is 38.8 Å². The van der Waals surface area contributed by atoms with Gasteiger partial charge in [-0.2, -0.15) is 0 Å². The molecule has 9 nitrogen and oxygen atoms in total. The van der Waals surface area contributed by atoms with Crippen LogP contribution in [0.2, 0.25) is 0 Å². The van der Waals surface area contributed by atoms with Crippen molar-refractivity contribution in [3.8, 4) is 22.6 Å². The number of nitrogens with zero attached hydrogens (tertiary/aromatic N) is 2. The molecule has 0 bridgehead atoms. The van der Waals surface area contributed by atoms with Gasteiger partial charge in [0, 0.05) is 49.1 Å². The lowest BCUT2D eigenvalue weighted by Crippen LogP contribution is -2.43. The Labute approximate surface area is 207 Å². The smallest absolute Gasteiger partial charge is 0.255 e. The molecule has 0 radical (unpaired) electrons. The molecule has 3 aromatic rings. The lowest BCUT2D eigenvalue weighted by atomic mass is 10.0. The van der Waals surface area contributed by atoms with Crippen LogP contribution in [0.3, 0.4) is 0 Å². The molecule has 1 aliphatic carbocycles. The van der Waals surface area contributed by atoms with Crippen LogP contribution in [0.15, 0.2) is 24.4 Å². The standard InChI is InChI=1S/C26H29FN4O5/c1-13-23(26(34)30-19-10-31(14(2)32)11-20(19)33)25-24(29-13)16(6-7-28-25)17-8-22(35-3)18(27)9-21(17)36-12-15-4-5-15/h6-9,15,19-20,29,33H,4-5,10-12H2,1-3H3,(H,30,34). The Morgan fingerprint density at radius 1 is 1.25 bits per heavy atom. The summed E-state index contributed by atoms with van der Waals surface area (Å²) in [6.45, 7) is 4.11. The molecule has 0 spiro atoms. The summed E-state index contributed by atoms with van der Waals surface area (Å²) < 4.78 is 25.8. The van der Waals surface area contributed by atoms with Crippen molar-refractivity contribution in [2.75, 3.05) is 26.8 Å². The number of methoxy groups -OCH3 is 1. The summed E-state index contributed by atoms with van der Waals surface area (Å²) in [5, 5.41) is 13.2. The van der Waals surface area contributed by atoms with Crippen LogP contribution in [0.25, 0.3) is 22.2 Å². The van der Waals surface area contributed by atoms with Crippen molar-refractivity contribution in [3.05, 3.63) is 41.5 Å². The number of likely N-dealkylation sites (tertiary alicyclic amines) is 1. The molecule has 36 heavy (non-hydrogen) atoms. The zero-order chi connectivity index (χ0) is 25.6. The van der Waals surface area contributed by atoms with Crippen molar-refractivity contribution in [1.82, 2.24) is 20.2 Å². The van der Waals surface area contributed by atoms with Crippen LogP contribution in [0, 0.1) is 18.7 Å². The minimum absolute atomic E-state index is 0.0835. The van der Waals surface area contributed by atoms with Crippen LogP contribution in [0.4, 0.5) is 4.39 Å². The third-order valence-electron chi connectivity index (χ3n) is 6.87. The number of hydrogen-bond donors (Lipinski definition) is 3. The fraction of sp³-hybridized carbons (Fsp3) is 0.423. The lowest BCUT2D eigenvalue weighted by molar-refractivity contribution is -0.128. The monoisotopic (exact) mass is 496 g/mol. The van der Waals surface area contributed by atoms with Crippen molar-refractivity contribution in [1.29, 1.82) is 0 Å². The number of amides is 2. The van der Waals surface area contributed by atoms with Gasteiger partial charge in [-0.1, -0.05) is 0 Å². The molecule has 2 aliphatic rings. The Hall–Kier alpha value is -3.66. The fourth-order valence-corrected chi connectivity index (χ4v) is 4.65. The van der Waals surface area contributed by atoms with E-state index in [1.807, 2.05) is 0 Å². The van der Waals surface area contributed by atoms with E-state index in [1.165, 1.54) is 25.0 Å². The third kappa shape index (κ3) is 4.48. The number of carbonyl (C=O) groups is 2. The number of aliphatic hydroxyl groups is 1. The molecule has 2 amide bonds. The Kier molecular flexibility index (Phi) is 6.29. The number of rotatable bonds is 7. The molecule has 1 aliphatic heterocycles. The van der Waals surface area contributed by atoms with E-state index >= 15 is 0 Å². The SMILES string of the molecule is COc1cc(-c2ccnc3c(C(=O)NC4CN(C(C)=O)CC4O)c(C)[nH]c23)c(OCC2CC2)cc1F. The lowest BCUT2D eigenvalue weighted by Gasteiger charge is -2.16. The van der Waals surface area contributed by atoms with Crippen molar-refractivity contribution in [3.63, 3.8) is 0 Å². The number of β-amino-alcohol motifs (C(OH)–C–C–N with tert-alkyl or cyclic N) is 1. The summed E-state index contributed by atoms with van der Waals surface area (Å²) >= 11 is 0. The predicted octanol–water partition coefficient (Wildman–Crippen LogP) is 2.80. The van der Waals surface area contributed by atoms with Crippen LogP contribution in [0.5, 0.6) is 11.5 Å². The van der Waals surface area contributed by atoms with Gasteiger partial charge in [-0.15, -0.1) is 0 Å². The van der Waals surface area contributed by atoms with Gasteiger partial charge in [0.1, 0.15) is 11.3 Å². The molecule has 1 saturated heterocycles. The molecule has 190 valence electrons. The van der Waals surface area contributed by atoms with E-state index in [1.54, 1.807) is 25.3 Å². The first-order valence-corrected chi connectivity index (χ1v) is 12.0. The molecule has 2 fully saturated rings. The normalized spacial score (nSPS) is 19.5. The maximum absolute atomic E-state index is 14.6. The average Bonchev–Trinajstić information content (AvgIpc) is 3.51. The van der Waals surface area contributed by atoms with Gasteiger partial charge in [-0.25, -0.2) is 4.39 Å². The minimum Gasteiger partial charge on any atom is -0.494 e. The van der Waals surface area contributed by atoms with Crippen molar-refractivity contribution < 1.29 is 28.6 Å². The highest BCUT2D eigenvalue weighted by atomic mass is 19.1. The zero-order valence-electron chi connectivity index (χ0n) is 20.4. The Bertz CT molecular complexity index is 1340. The molecule has 1 aromatic carbocycles. The third-order valence-corrected chi connectivity index (χ3v) is 6.87. The van der Waals surface area contributed by atoms with Gasteiger partial charge in [-0.05, 0) is 37.8 Å². The predicted molar refractivity (Wildman–Crippen MR) is 131 cm³/mol. The number of aromatic amines is 1. The maximum atomic E-state index is 14.6. The summed E-state index contributed by atoms with van der Waals surface area (Å²) in [5.74, 6) is -0.123. The van der Waals surface area contributed by atoms with E-state index in [0.717, 1.165) is 12.8 Å². The summed E-state index contributed by atoms with van der Waals surface area (Å²) in [5.41, 5.74) is 3.28. The Morgan fingerprint density at radius 2 is 2.03 bits per heavy atom. The van der Waals surface area contributed by atoms with Crippen LogP contribution in [-0.4, -0.2) is 70.7 Å². The number of halogens is 1. The number of benzene rings is 1. The van der Waals surface area contributed by atoms with Crippen LogP contribution >= 0.6 is 0 Å². The largest absolute Gasteiger partial charge is 0.494 e. The van der Waals surface area contributed by atoms with E-state index in [9.17, 15) is 19.1 Å². The number of aromatic nitrogens is 2. The average molecular weight is 497 g/mol. The molecule has 2 unspecified atom stereocenters. The Balaban J connectivity index is 1.51. The molecule has 1 saturated carbocycles. The molecule has 3 N–H and O–H groups in total. The quantitative estimate of drug-likeness (QED) is 0.463. The second-order valence-electron chi connectivity index (χ2n) is 9.52. The molecule has 5 rings (SSSR count). The van der Waals surface area contributed by atoms with Gasteiger partial charge in [0.2, 0.25) is 5.91 Å². The van der Waals surface area contributed by atoms with Gasteiger partial charge < -0.3 is 29.8 Å². The van der Waals surface area contributed by atoms with E-state index in [0.29, 0.717) is 51.7 Å². The molecule has 3 heterocycles. The van der Waals surface area contributed by atoms with Gasteiger partial charge in [0.25, 0.3) is 5.91 Å². The molecule has 10 heteroatoms. The van der Waals surface area contributed by atoms with Gasteiger partial charge >= 0.3 is 0 Å². The number of aryl methyl sites for hydroxylation is 1. The van der Waals surface area contributed by atoms with Gasteiger partial charge in [0.15, 0.2) is 11.6 Å². The van der Waals surface area contributed by atoms with Gasteiger partial charge in [-0.3, -0.25) is 14.6 Å². The number of nitrogens with one attached hydrogen (secondary N) is 2. The fourth-order valence-electron chi connectivity index (χ4n) is 4.65. The number of fused-ring (bicyclic) bond motifs is 1. The first-order valence-electron chi connectivity index (χ1n) is 12.0. The second kappa shape index (κ2) is 9.42. The summed E-state index contributed by atoms with van der Waals surface area (Å²) in [6, 6.07) is 4.11.